The van der Waals surface area contributed by atoms with Gasteiger partial charge < -0.3 is 0 Å². The molecule has 1 rings (SSSR count). The van der Waals surface area contributed by atoms with E-state index in [-0.39, 0.29) is 0 Å². The first kappa shape index (κ1) is 12.1. The largest absolute Gasteiger partial charge is 0.0651 e. The zero-order valence-electron chi connectivity index (χ0n) is 10.4. The summed E-state index contributed by atoms with van der Waals surface area (Å²) in [5.41, 5.74) is 0. The van der Waals surface area contributed by atoms with Gasteiger partial charge in [-0.3, -0.25) is 0 Å². The van der Waals surface area contributed by atoms with Gasteiger partial charge in [-0.2, -0.15) is 0 Å². The molecule has 0 saturated heterocycles. The van der Waals surface area contributed by atoms with Gasteiger partial charge in [-0.05, 0) is 17.8 Å². The minimum absolute atomic E-state index is 0.961. The normalized spacial score (nSPS) is 32.8. The van der Waals surface area contributed by atoms with Crippen LogP contribution in [-0.4, -0.2) is 0 Å². The van der Waals surface area contributed by atoms with Gasteiger partial charge in [0.2, 0.25) is 0 Å². The summed E-state index contributed by atoms with van der Waals surface area (Å²) in [7, 11) is 0. The third kappa shape index (κ3) is 4.02. The predicted octanol–water partition coefficient (Wildman–Crippen LogP) is 5.03. The molecule has 0 heteroatoms. The van der Waals surface area contributed by atoms with Gasteiger partial charge in [-0.25, -0.2) is 0 Å². The molecule has 1 saturated carbocycles. The van der Waals surface area contributed by atoms with Crippen molar-refractivity contribution in [3.8, 4) is 0 Å². The van der Waals surface area contributed by atoms with Crippen molar-refractivity contribution in [1.82, 2.24) is 0 Å². The van der Waals surface area contributed by atoms with Crippen LogP contribution in [0.4, 0.5) is 0 Å². The fourth-order valence-corrected chi connectivity index (χ4v) is 2.82. The molecule has 0 bridgehead atoms. The molecular weight excluding hydrogens is 168 g/mol. The molecule has 0 N–H and O–H groups in total. The SMILES string of the molecule is CCC(C)C1CCCCC(C)CCC1. The first-order valence-corrected chi connectivity index (χ1v) is 6.74. The summed E-state index contributed by atoms with van der Waals surface area (Å²) in [5.74, 6) is 2.99. The molecular formula is C14H28. The summed E-state index contributed by atoms with van der Waals surface area (Å²) in [6.07, 6.45) is 11.8. The molecule has 3 atom stereocenters. The topological polar surface area (TPSA) is 0 Å². The third-order valence-corrected chi connectivity index (χ3v) is 4.24. The highest BCUT2D eigenvalue weighted by molar-refractivity contribution is 4.69. The molecule has 1 fully saturated rings. The van der Waals surface area contributed by atoms with Crippen molar-refractivity contribution in [3.05, 3.63) is 0 Å². The lowest BCUT2D eigenvalue weighted by Crippen LogP contribution is -2.10. The molecule has 1 aliphatic carbocycles. The molecule has 0 spiro atoms. The number of rotatable bonds is 2. The van der Waals surface area contributed by atoms with Gasteiger partial charge in [-0.15, -0.1) is 0 Å². The van der Waals surface area contributed by atoms with Crippen LogP contribution in [0.1, 0.15) is 72.1 Å². The molecule has 3 unspecified atom stereocenters. The van der Waals surface area contributed by atoms with Crippen molar-refractivity contribution in [1.29, 1.82) is 0 Å². The van der Waals surface area contributed by atoms with Gasteiger partial charge in [0.25, 0.3) is 0 Å². The van der Waals surface area contributed by atoms with Gasteiger partial charge in [0.05, 0.1) is 0 Å². The van der Waals surface area contributed by atoms with E-state index in [1.54, 1.807) is 0 Å². The van der Waals surface area contributed by atoms with Gasteiger partial charge in [0, 0.05) is 0 Å². The maximum atomic E-state index is 2.45. The molecule has 0 aromatic heterocycles. The minimum Gasteiger partial charge on any atom is -0.0651 e. The second kappa shape index (κ2) is 6.48. The Morgan fingerprint density at radius 3 is 2.29 bits per heavy atom. The molecule has 0 aromatic rings. The fraction of sp³-hybridized carbons (Fsp3) is 1.00. The molecule has 0 heterocycles. The molecule has 84 valence electrons. The van der Waals surface area contributed by atoms with E-state index in [1.807, 2.05) is 0 Å². The summed E-state index contributed by atoms with van der Waals surface area (Å²) < 4.78 is 0. The zero-order chi connectivity index (χ0) is 10.4. The summed E-state index contributed by atoms with van der Waals surface area (Å²) >= 11 is 0. The Kier molecular flexibility index (Phi) is 5.59. The van der Waals surface area contributed by atoms with Crippen LogP contribution in [0.3, 0.4) is 0 Å². The standard InChI is InChI=1S/C14H28/c1-4-13(3)14-10-6-5-8-12(2)9-7-11-14/h12-14H,4-11H2,1-3H3. The highest BCUT2D eigenvalue weighted by Crippen LogP contribution is 2.30. The Hall–Kier alpha value is 0. The Bertz CT molecular complexity index is 139. The predicted molar refractivity (Wildman–Crippen MR) is 64.4 cm³/mol. The summed E-state index contributed by atoms with van der Waals surface area (Å²) in [5, 5.41) is 0. The third-order valence-electron chi connectivity index (χ3n) is 4.24. The summed E-state index contributed by atoms with van der Waals surface area (Å²) in [6.45, 7) is 7.23. The van der Waals surface area contributed by atoms with E-state index in [0.29, 0.717) is 0 Å². The van der Waals surface area contributed by atoms with Crippen LogP contribution in [-0.2, 0) is 0 Å². The summed E-state index contributed by atoms with van der Waals surface area (Å²) in [6, 6.07) is 0. The maximum absolute atomic E-state index is 2.45. The molecule has 0 aromatic carbocycles. The Labute approximate surface area is 90.5 Å². The van der Waals surface area contributed by atoms with Gasteiger partial charge in [0.1, 0.15) is 0 Å². The van der Waals surface area contributed by atoms with E-state index >= 15 is 0 Å². The van der Waals surface area contributed by atoms with E-state index in [0.717, 1.165) is 17.8 Å². The van der Waals surface area contributed by atoms with E-state index < -0.39 is 0 Å². The van der Waals surface area contributed by atoms with Crippen molar-refractivity contribution < 1.29 is 0 Å². The van der Waals surface area contributed by atoms with E-state index in [4.69, 9.17) is 0 Å². The Morgan fingerprint density at radius 1 is 1.00 bits per heavy atom. The van der Waals surface area contributed by atoms with Crippen molar-refractivity contribution in [3.63, 3.8) is 0 Å². The second-order valence-corrected chi connectivity index (χ2v) is 5.47. The average molecular weight is 196 g/mol. The molecule has 14 heavy (non-hydrogen) atoms. The first-order chi connectivity index (χ1) is 6.74. The van der Waals surface area contributed by atoms with Crippen LogP contribution in [0.5, 0.6) is 0 Å². The Balaban J connectivity index is 2.36. The van der Waals surface area contributed by atoms with Crippen molar-refractivity contribution in [2.45, 2.75) is 72.1 Å². The van der Waals surface area contributed by atoms with E-state index in [2.05, 4.69) is 20.8 Å². The lowest BCUT2D eigenvalue weighted by atomic mass is 9.84. The van der Waals surface area contributed by atoms with Crippen LogP contribution in [0.25, 0.3) is 0 Å². The summed E-state index contributed by atoms with van der Waals surface area (Å²) in [4.78, 5) is 0. The van der Waals surface area contributed by atoms with Crippen molar-refractivity contribution >= 4 is 0 Å². The second-order valence-electron chi connectivity index (χ2n) is 5.47. The van der Waals surface area contributed by atoms with Crippen molar-refractivity contribution in [2.75, 3.05) is 0 Å². The lowest BCUT2D eigenvalue weighted by Gasteiger charge is -2.22. The quantitative estimate of drug-likeness (QED) is 0.581. The minimum atomic E-state index is 0.961. The monoisotopic (exact) mass is 196 g/mol. The van der Waals surface area contributed by atoms with E-state index in [1.165, 1.54) is 51.4 Å². The number of hydrogen-bond acceptors (Lipinski definition) is 0. The smallest absolute Gasteiger partial charge is 0.0389 e. The molecule has 0 radical (unpaired) electrons. The highest BCUT2D eigenvalue weighted by atomic mass is 14.2. The number of hydrogen-bond donors (Lipinski definition) is 0. The van der Waals surface area contributed by atoms with Crippen LogP contribution >= 0.6 is 0 Å². The van der Waals surface area contributed by atoms with Gasteiger partial charge >= 0.3 is 0 Å². The lowest BCUT2D eigenvalue weighted by molar-refractivity contribution is 0.295. The van der Waals surface area contributed by atoms with Gasteiger partial charge in [0.15, 0.2) is 0 Å². The van der Waals surface area contributed by atoms with Crippen LogP contribution < -0.4 is 0 Å². The first-order valence-electron chi connectivity index (χ1n) is 6.74. The zero-order valence-corrected chi connectivity index (χ0v) is 10.4. The van der Waals surface area contributed by atoms with Crippen LogP contribution in [0.2, 0.25) is 0 Å². The molecule has 0 nitrogen and oxygen atoms in total. The molecule has 0 amide bonds. The molecule has 1 aliphatic rings. The highest BCUT2D eigenvalue weighted by Gasteiger charge is 2.17. The maximum Gasteiger partial charge on any atom is -0.0389 e. The van der Waals surface area contributed by atoms with Gasteiger partial charge in [-0.1, -0.05) is 72.1 Å². The Morgan fingerprint density at radius 2 is 1.57 bits per heavy atom. The fourth-order valence-electron chi connectivity index (χ4n) is 2.82. The van der Waals surface area contributed by atoms with Crippen LogP contribution in [0, 0.1) is 17.8 Å². The van der Waals surface area contributed by atoms with E-state index in [9.17, 15) is 0 Å². The molecule has 0 aliphatic heterocycles. The average Bonchev–Trinajstić information content (AvgIpc) is 2.29. The van der Waals surface area contributed by atoms with Crippen LogP contribution in [0.15, 0.2) is 0 Å². The van der Waals surface area contributed by atoms with Crippen molar-refractivity contribution in [2.24, 2.45) is 17.8 Å².